The first-order valence-corrected chi connectivity index (χ1v) is 5.73. The van der Waals surface area contributed by atoms with Crippen molar-refractivity contribution in [1.29, 1.82) is 0 Å². The second kappa shape index (κ2) is 3.91. The zero-order valence-electron chi connectivity index (χ0n) is 10.5. The van der Waals surface area contributed by atoms with Crippen LogP contribution in [0.15, 0.2) is 11.6 Å². The molecular formula is C13H24O2. The normalized spacial score (nSPS) is 39.1. The number of allylic oxidation sites excluding steroid dienone is 2. The molecular weight excluding hydrogens is 188 g/mol. The zero-order valence-corrected chi connectivity index (χ0v) is 10.5. The topological polar surface area (TPSA) is 40.5 Å². The summed E-state index contributed by atoms with van der Waals surface area (Å²) >= 11 is 0. The van der Waals surface area contributed by atoms with Gasteiger partial charge in [-0.2, -0.15) is 0 Å². The first-order chi connectivity index (χ1) is 6.69. The molecule has 3 unspecified atom stereocenters. The lowest BCUT2D eigenvalue weighted by Crippen LogP contribution is -2.46. The van der Waals surface area contributed by atoms with Gasteiger partial charge in [0, 0.05) is 0 Å². The average molecular weight is 212 g/mol. The number of hydrogen-bond acceptors (Lipinski definition) is 2. The van der Waals surface area contributed by atoms with Gasteiger partial charge in [0.2, 0.25) is 0 Å². The van der Waals surface area contributed by atoms with Gasteiger partial charge in [-0.3, -0.25) is 0 Å². The highest BCUT2D eigenvalue weighted by atomic mass is 16.3. The van der Waals surface area contributed by atoms with E-state index in [4.69, 9.17) is 0 Å². The molecule has 0 saturated heterocycles. The molecule has 0 heterocycles. The van der Waals surface area contributed by atoms with Gasteiger partial charge < -0.3 is 10.2 Å². The lowest BCUT2D eigenvalue weighted by atomic mass is 9.72. The van der Waals surface area contributed by atoms with Crippen LogP contribution in [0.5, 0.6) is 0 Å². The molecule has 3 atom stereocenters. The fourth-order valence-electron chi connectivity index (χ4n) is 2.41. The van der Waals surface area contributed by atoms with Crippen LogP contribution in [0.3, 0.4) is 0 Å². The maximum atomic E-state index is 10.3. The molecule has 0 aromatic heterocycles. The fraction of sp³-hybridized carbons (Fsp3) is 0.846. The summed E-state index contributed by atoms with van der Waals surface area (Å²) in [4.78, 5) is 0. The Morgan fingerprint density at radius 3 is 2.20 bits per heavy atom. The summed E-state index contributed by atoms with van der Waals surface area (Å²) in [6.07, 6.45) is 3.25. The summed E-state index contributed by atoms with van der Waals surface area (Å²) < 4.78 is 0. The van der Waals surface area contributed by atoms with Gasteiger partial charge in [0.25, 0.3) is 0 Å². The molecule has 15 heavy (non-hydrogen) atoms. The summed E-state index contributed by atoms with van der Waals surface area (Å²) in [7, 11) is 0. The largest absolute Gasteiger partial charge is 0.390 e. The third-order valence-electron chi connectivity index (χ3n) is 4.29. The van der Waals surface area contributed by atoms with Crippen molar-refractivity contribution < 1.29 is 10.2 Å². The second-order valence-electron chi connectivity index (χ2n) is 5.83. The maximum Gasteiger partial charge on any atom is 0.0930 e. The van der Waals surface area contributed by atoms with Crippen LogP contribution in [-0.2, 0) is 0 Å². The summed E-state index contributed by atoms with van der Waals surface area (Å²) in [5.41, 5.74) is 0.109. The van der Waals surface area contributed by atoms with Gasteiger partial charge in [-0.25, -0.2) is 0 Å². The molecule has 1 saturated carbocycles. The van der Waals surface area contributed by atoms with Crippen molar-refractivity contribution in [2.45, 2.75) is 59.2 Å². The molecule has 1 fully saturated rings. The summed E-state index contributed by atoms with van der Waals surface area (Å²) in [5.74, 6) is 0.359. The van der Waals surface area contributed by atoms with Crippen LogP contribution in [-0.4, -0.2) is 21.9 Å². The smallest absolute Gasteiger partial charge is 0.0930 e. The predicted molar refractivity (Wildman–Crippen MR) is 62.6 cm³/mol. The van der Waals surface area contributed by atoms with Crippen molar-refractivity contribution in [3.8, 4) is 0 Å². The van der Waals surface area contributed by atoms with Crippen LogP contribution in [0.2, 0.25) is 0 Å². The standard InChI is InChI=1S/C13H24O2/c1-9(2)6-7-10-8-11(14)13(5,15)12(10,3)4/h6,10-11,14-15H,7-8H2,1-5H3. The Bertz CT molecular complexity index is 260. The van der Waals surface area contributed by atoms with Crippen LogP contribution in [0, 0.1) is 11.3 Å². The molecule has 0 amide bonds. The van der Waals surface area contributed by atoms with E-state index in [1.807, 2.05) is 13.8 Å². The van der Waals surface area contributed by atoms with Crippen LogP contribution in [0.1, 0.15) is 47.5 Å². The fourth-order valence-corrected chi connectivity index (χ4v) is 2.41. The SMILES string of the molecule is CC(C)=CCC1CC(O)C(C)(O)C1(C)C. The van der Waals surface area contributed by atoms with Crippen LogP contribution < -0.4 is 0 Å². The lowest BCUT2D eigenvalue weighted by Gasteiger charge is -2.38. The highest BCUT2D eigenvalue weighted by Gasteiger charge is 2.55. The van der Waals surface area contributed by atoms with Crippen molar-refractivity contribution >= 4 is 0 Å². The molecule has 0 spiro atoms. The predicted octanol–water partition coefficient (Wildman–Crippen LogP) is 2.50. The average Bonchev–Trinajstić information content (AvgIpc) is 2.23. The van der Waals surface area contributed by atoms with E-state index < -0.39 is 11.7 Å². The molecule has 1 aliphatic rings. The molecule has 0 aromatic rings. The van der Waals surface area contributed by atoms with Crippen LogP contribution in [0.4, 0.5) is 0 Å². The third kappa shape index (κ3) is 2.11. The van der Waals surface area contributed by atoms with E-state index >= 15 is 0 Å². The Balaban J connectivity index is 2.82. The van der Waals surface area contributed by atoms with E-state index in [1.165, 1.54) is 5.57 Å². The minimum absolute atomic E-state index is 0.224. The first kappa shape index (κ1) is 12.7. The Kier molecular flexibility index (Phi) is 3.32. The highest BCUT2D eigenvalue weighted by molar-refractivity contribution is 5.08. The second-order valence-corrected chi connectivity index (χ2v) is 5.83. The quantitative estimate of drug-likeness (QED) is 0.690. The van der Waals surface area contributed by atoms with Gasteiger partial charge in [-0.15, -0.1) is 0 Å². The van der Waals surface area contributed by atoms with Crippen molar-refractivity contribution in [2.75, 3.05) is 0 Å². The lowest BCUT2D eigenvalue weighted by molar-refractivity contribution is -0.102. The monoisotopic (exact) mass is 212 g/mol. The van der Waals surface area contributed by atoms with Crippen LogP contribution in [0.25, 0.3) is 0 Å². The molecule has 0 aromatic carbocycles. The van der Waals surface area contributed by atoms with Gasteiger partial charge >= 0.3 is 0 Å². The van der Waals surface area contributed by atoms with Crippen molar-refractivity contribution in [3.05, 3.63) is 11.6 Å². The molecule has 0 aliphatic heterocycles. The summed E-state index contributed by atoms with van der Waals surface area (Å²) in [6.45, 7) is 10.0. The van der Waals surface area contributed by atoms with E-state index in [0.717, 1.165) is 6.42 Å². The van der Waals surface area contributed by atoms with E-state index in [9.17, 15) is 10.2 Å². The van der Waals surface area contributed by atoms with Gasteiger partial charge in [0.05, 0.1) is 11.7 Å². The van der Waals surface area contributed by atoms with Crippen molar-refractivity contribution in [3.63, 3.8) is 0 Å². The third-order valence-corrected chi connectivity index (χ3v) is 4.29. The number of aliphatic hydroxyl groups excluding tert-OH is 1. The Labute approximate surface area is 93.0 Å². The number of hydrogen-bond donors (Lipinski definition) is 2. The molecule has 1 aliphatic carbocycles. The van der Waals surface area contributed by atoms with E-state index in [0.29, 0.717) is 12.3 Å². The first-order valence-electron chi connectivity index (χ1n) is 5.73. The van der Waals surface area contributed by atoms with E-state index in [1.54, 1.807) is 6.92 Å². The Morgan fingerprint density at radius 2 is 1.87 bits per heavy atom. The van der Waals surface area contributed by atoms with E-state index in [-0.39, 0.29) is 5.41 Å². The van der Waals surface area contributed by atoms with E-state index in [2.05, 4.69) is 19.9 Å². The molecule has 0 bridgehead atoms. The minimum Gasteiger partial charge on any atom is -0.390 e. The molecule has 0 radical (unpaired) electrons. The molecule has 2 N–H and O–H groups in total. The molecule has 2 nitrogen and oxygen atoms in total. The zero-order chi connectivity index (χ0) is 11.9. The van der Waals surface area contributed by atoms with Crippen LogP contribution >= 0.6 is 0 Å². The highest BCUT2D eigenvalue weighted by Crippen LogP contribution is 2.51. The number of rotatable bonds is 2. The van der Waals surface area contributed by atoms with Gasteiger partial charge in [0.1, 0.15) is 0 Å². The summed E-state index contributed by atoms with van der Waals surface area (Å²) in [5, 5.41) is 20.1. The van der Waals surface area contributed by atoms with Gasteiger partial charge in [-0.05, 0) is 44.9 Å². The summed E-state index contributed by atoms with van der Waals surface area (Å²) in [6, 6.07) is 0. The minimum atomic E-state index is -0.965. The van der Waals surface area contributed by atoms with Gasteiger partial charge in [0.15, 0.2) is 0 Å². The Hall–Kier alpha value is -0.340. The Morgan fingerprint density at radius 1 is 1.33 bits per heavy atom. The molecule has 1 rings (SSSR count). The number of aliphatic hydroxyl groups is 2. The van der Waals surface area contributed by atoms with Gasteiger partial charge in [-0.1, -0.05) is 25.5 Å². The van der Waals surface area contributed by atoms with Crippen molar-refractivity contribution in [1.82, 2.24) is 0 Å². The maximum absolute atomic E-state index is 10.3. The van der Waals surface area contributed by atoms with Crippen molar-refractivity contribution in [2.24, 2.45) is 11.3 Å². The molecule has 2 heteroatoms. The molecule has 88 valence electrons.